The molecule has 0 aliphatic carbocycles. The molecule has 1 atom stereocenters. The summed E-state index contributed by atoms with van der Waals surface area (Å²) < 4.78 is 6.53. The van der Waals surface area contributed by atoms with Gasteiger partial charge in [0, 0.05) is 15.8 Å². The molecule has 3 aromatic carbocycles. The lowest BCUT2D eigenvalue weighted by Crippen LogP contribution is -2.43. The SMILES string of the molecule is CCOc1ccc(N2C(=O)c3ccccc3N[C@H]2c2ccc(Br)cc2)cc1. The Hall–Kier alpha value is -2.79. The van der Waals surface area contributed by atoms with Crippen molar-refractivity contribution in [2.75, 3.05) is 16.8 Å². The number of nitrogens with zero attached hydrogens (tertiary/aromatic N) is 1. The van der Waals surface area contributed by atoms with Crippen molar-refractivity contribution in [3.05, 3.63) is 88.4 Å². The zero-order valence-corrected chi connectivity index (χ0v) is 16.4. The highest BCUT2D eigenvalue weighted by Crippen LogP contribution is 2.37. The predicted molar refractivity (Wildman–Crippen MR) is 111 cm³/mol. The average molecular weight is 423 g/mol. The summed E-state index contributed by atoms with van der Waals surface area (Å²) in [5.41, 5.74) is 3.34. The third-order valence-corrected chi connectivity index (χ3v) is 5.07. The van der Waals surface area contributed by atoms with Crippen molar-refractivity contribution >= 4 is 33.2 Å². The first-order valence-corrected chi connectivity index (χ1v) is 9.64. The van der Waals surface area contributed by atoms with Gasteiger partial charge in [-0.25, -0.2) is 0 Å². The molecule has 1 aliphatic heterocycles. The summed E-state index contributed by atoms with van der Waals surface area (Å²) in [5, 5.41) is 3.51. The number of benzene rings is 3. The molecule has 0 saturated heterocycles. The van der Waals surface area contributed by atoms with Gasteiger partial charge in [0.1, 0.15) is 11.9 Å². The van der Waals surface area contributed by atoms with Crippen LogP contribution in [0.4, 0.5) is 11.4 Å². The molecule has 1 aliphatic rings. The van der Waals surface area contributed by atoms with Crippen LogP contribution in [0.15, 0.2) is 77.3 Å². The largest absolute Gasteiger partial charge is 0.494 e. The molecule has 136 valence electrons. The summed E-state index contributed by atoms with van der Waals surface area (Å²) in [6.45, 7) is 2.56. The molecule has 0 saturated carbocycles. The number of para-hydroxylation sites is 1. The Labute approximate surface area is 166 Å². The van der Waals surface area contributed by atoms with Crippen LogP contribution in [-0.2, 0) is 0 Å². The third kappa shape index (κ3) is 3.43. The lowest BCUT2D eigenvalue weighted by atomic mass is 10.0. The molecule has 1 amide bonds. The maximum atomic E-state index is 13.3. The van der Waals surface area contributed by atoms with Crippen molar-refractivity contribution in [2.24, 2.45) is 0 Å². The number of hydrogen-bond acceptors (Lipinski definition) is 3. The van der Waals surface area contributed by atoms with Gasteiger partial charge in [0.25, 0.3) is 5.91 Å². The summed E-state index contributed by atoms with van der Waals surface area (Å²) in [7, 11) is 0. The maximum Gasteiger partial charge on any atom is 0.262 e. The minimum atomic E-state index is -0.293. The molecular formula is C22H19BrN2O2. The number of halogens is 1. The summed E-state index contributed by atoms with van der Waals surface area (Å²) >= 11 is 3.47. The predicted octanol–water partition coefficient (Wildman–Crippen LogP) is 5.62. The van der Waals surface area contributed by atoms with E-state index in [0.29, 0.717) is 12.2 Å². The monoisotopic (exact) mass is 422 g/mol. The normalized spacial score (nSPS) is 15.9. The molecule has 3 aromatic rings. The zero-order valence-electron chi connectivity index (χ0n) is 14.9. The standard InChI is InChI=1S/C22H19BrN2O2/c1-2-27-18-13-11-17(12-14-18)25-21(15-7-9-16(23)10-8-15)24-20-6-4-3-5-19(20)22(25)26/h3-14,21,24H,2H2,1H3/t21-/m1/s1. The van der Waals surface area contributed by atoms with E-state index in [-0.39, 0.29) is 12.1 Å². The molecule has 0 radical (unpaired) electrons. The Bertz CT molecular complexity index is 955. The van der Waals surface area contributed by atoms with Crippen molar-refractivity contribution in [3.8, 4) is 5.75 Å². The average Bonchev–Trinajstić information content (AvgIpc) is 2.70. The van der Waals surface area contributed by atoms with Crippen LogP contribution in [0.2, 0.25) is 0 Å². The zero-order chi connectivity index (χ0) is 18.8. The van der Waals surface area contributed by atoms with Crippen LogP contribution in [0.25, 0.3) is 0 Å². The molecule has 27 heavy (non-hydrogen) atoms. The second-order valence-corrected chi connectivity index (χ2v) is 7.16. The van der Waals surface area contributed by atoms with Gasteiger partial charge in [0.15, 0.2) is 0 Å². The van der Waals surface area contributed by atoms with Crippen LogP contribution < -0.4 is 15.0 Å². The van der Waals surface area contributed by atoms with Gasteiger partial charge in [-0.3, -0.25) is 9.69 Å². The fraction of sp³-hybridized carbons (Fsp3) is 0.136. The second-order valence-electron chi connectivity index (χ2n) is 6.25. The third-order valence-electron chi connectivity index (χ3n) is 4.54. The first-order valence-electron chi connectivity index (χ1n) is 8.85. The van der Waals surface area contributed by atoms with Crippen LogP contribution in [0, 0.1) is 0 Å². The van der Waals surface area contributed by atoms with E-state index in [1.54, 1.807) is 4.90 Å². The smallest absolute Gasteiger partial charge is 0.262 e. The molecule has 0 bridgehead atoms. The highest BCUT2D eigenvalue weighted by molar-refractivity contribution is 9.10. The van der Waals surface area contributed by atoms with Crippen molar-refractivity contribution in [1.29, 1.82) is 0 Å². The highest BCUT2D eigenvalue weighted by atomic mass is 79.9. The fourth-order valence-electron chi connectivity index (χ4n) is 3.27. The molecule has 0 fully saturated rings. The van der Waals surface area contributed by atoms with Crippen LogP contribution in [-0.4, -0.2) is 12.5 Å². The van der Waals surface area contributed by atoms with Crippen LogP contribution in [0.5, 0.6) is 5.75 Å². The maximum absolute atomic E-state index is 13.3. The van der Waals surface area contributed by atoms with Gasteiger partial charge in [0.2, 0.25) is 0 Å². The van der Waals surface area contributed by atoms with E-state index in [9.17, 15) is 4.79 Å². The van der Waals surface area contributed by atoms with Gasteiger partial charge < -0.3 is 10.1 Å². The number of carbonyl (C=O) groups excluding carboxylic acids is 1. The van der Waals surface area contributed by atoms with E-state index >= 15 is 0 Å². The Balaban J connectivity index is 1.79. The van der Waals surface area contributed by atoms with Crippen LogP contribution in [0.1, 0.15) is 29.0 Å². The minimum absolute atomic E-state index is 0.0265. The van der Waals surface area contributed by atoms with Gasteiger partial charge in [-0.15, -0.1) is 0 Å². The molecule has 1 N–H and O–H groups in total. The first-order chi connectivity index (χ1) is 13.2. The number of hydrogen-bond donors (Lipinski definition) is 1. The van der Waals surface area contributed by atoms with E-state index in [1.165, 1.54) is 0 Å². The van der Waals surface area contributed by atoms with Crippen molar-refractivity contribution in [3.63, 3.8) is 0 Å². The Morgan fingerprint density at radius 3 is 2.41 bits per heavy atom. The van der Waals surface area contributed by atoms with Crippen molar-refractivity contribution < 1.29 is 9.53 Å². The van der Waals surface area contributed by atoms with Gasteiger partial charge in [0.05, 0.1) is 12.2 Å². The summed E-state index contributed by atoms with van der Waals surface area (Å²) in [4.78, 5) is 15.1. The van der Waals surface area contributed by atoms with E-state index in [4.69, 9.17) is 4.74 Å². The van der Waals surface area contributed by atoms with Gasteiger partial charge in [-0.05, 0) is 61.0 Å². The molecule has 0 unspecified atom stereocenters. The number of rotatable bonds is 4. The van der Waals surface area contributed by atoms with E-state index in [0.717, 1.165) is 27.2 Å². The number of fused-ring (bicyclic) bond motifs is 1. The van der Waals surface area contributed by atoms with E-state index < -0.39 is 0 Å². The van der Waals surface area contributed by atoms with Crippen molar-refractivity contribution in [1.82, 2.24) is 0 Å². The van der Waals surface area contributed by atoms with E-state index in [1.807, 2.05) is 79.7 Å². The molecule has 1 heterocycles. The van der Waals surface area contributed by atoms with Gasteiger partial charge >= 0.3 is 0 Å². The number of nitrogens with one attached hydrogen (secondary N) is 1. The number of anilines is 2. The topological polar surface area (TPSA) is 41.6 Å². The Morgan fingerprint density at radius 1 is 1.00 bits per heavy atom. The summed E-state index contributed by atoms with van der Waals surface area (Å²) in [6.07, 6.45) is -0.293. The molecule has 4 nitrogen and oxygen atoms in total. The molecular weight excluding hydrogens is 404 g/mol. The summed E-state index contributed by atoms with van der Waals surface area (Å²) in [6, 6.07) is 23.2. The quantitative estimate of drug-likeness (QED) is 0.593. The fourth-order valence-corrected chi connectivity index (χ4v) is 3.53. The number of carbonyl (C=O) groups is 1. The van der Waals surface area contributed by atoms with Crippen LogP contribution in [0.3, 0.4) is 0 Å². The van der Waals surface area contributed by atoms with Gasteiger partial charge in [-0.2, -0.15) is 0 Å². The van der Waals surface area contributed by atoms with Gasteiger partial charge in [-0.1, -0.05) is 40.2 Å². The molecule has 0 spiro atoms. The van der Waals surface area contributed by atoms with E-state index in [2.05, 4.69) is 21.2 Å². The molecule has 0 aromatic heterocycles. The minimum Gasteiger partial charge on any atom is -0.494 e. The lowest BCUT2D eigenvalue weighted by Gasteiger charge is -2.38. The first kappa shape index (κ1) is 17.6. The Kier molecular flexibility index (Phi) is 4.86. The second kappa shape index (κ2) is 7.45. The van der Waals surface area contributed by atoms with Crippen LogP contribution >= 0.6 is 15.9 Å². The number of ether oxygens (including phenoxy) is 1. The molecule has 5 heteroatoms. The lowest BCUT2D eigenvalue weighted by molar-refractivity contribution is 0.0975. The Morgan fingerprint density at radius 2 is 1.70 bits per heavy atom. The summed E-state index contributed by atoms with van der Waals surface area (Å²) in [5.74, 6) is 0.765. The molecule has 4 rings (SSSR count). The van der Waals surface area contributed by atoms with Crippen molar-refractivity contribution in [2.45, 2.75) is 13.1 Å². The number of amides is 1. The highest BCUT2D eigenvalue weighted by Gasteiger charge is 2.33.